The summed E-state index contributed by atoms with van der Waals surface area (Å²) < 4.78 is 15.5. The van der Waals surface area contributed by atoms with Gasteiger partial charge in [-0.3, -0.25) is 0 Å². The molecule has 0 aliphatic heterocycles. The molecule has 0 aliphatic carbocycles. The number of hydrogen-bond acceptors (Lipinski definition) is 4. The van der Waals surface area contributed by atoms with Crippen molar-refractivity contribution in [3.05, 3.63) is 53.0 Å². The second kappa shape index (κ2) is 5.61. The normalized spacial score (nSPS) is 10.3. The lowest BCUT2D eigenvalue weighted by molar-refractivity contribution is 0.0561. The highest BCUT2D eigenvalue weighted by Crippen LogP contribution is 2.18. The Morgan fingerprint density at radius 2 is 1.84 bits per heavy atom. The lowest BCUT2D eigenvalue weighted by atomic mass is 10.1. The largest absolute Gasteiger partial charge is 0.486 e. The molecule has 0 unspecified atom stereocenters. The molecule has 0 spiro atoms. The predicted octanol–water partition coefficient (Wildman–Crippen LogP) is 3.26. The van der Waals surface area contributed by atoms with Gasteiger partial charge in [-0.15, -0.1) is 0 Å². The molecule has 0 aliphatic rings. The van der Waals surface area contributed by atoms with Crippen molar-refractivity contribution < 1.29 is 18.7 Å². The van der Waals surface area contributed by atoms with Crippen LogP contribution in [0, 0.1) is 13.8 Å². The highest BCUT2D eigenvalue weighted by atomic mass is 16.5. The SMILES string of the molecule is COC(=O)c1ccc(COc2cc(C)cc(C)c2)o1. The van der Waals surface area contributed by atoms with Crippen molar-refractivity contribution in [2.75, 3.05) is 7.11 Å². The Kier molecular flexibility index (Phi) is 3.90. The van der Waals surface area contributed by atoms with E-state index in [1.54, 1.807) is 12.1 Å². The highest BCUT2D eigenvalue weighted by molar-refractivity contribution is 5.86. The van der Waals surface area contributed by atoms with Gasteiger partial charge in [0.2, 0.25) is 5.76 Å². The first kappa shape index (κ1) is 13.2. The monoisotopic (exact) mass is 260 g/mol. The summed E-state index contributed by atoms with van der Waals surface area (Å²) in [5.74, 6) is 1.06. The van der Waals surface area contributed by atoms with Gasteiger partial charge >= 0.3 is 5.97 Å². The summed E-state index contributed by atoms with van der Waals surface area (Å²) in [6, 6.07) is 9.27. The molecule has 2 rings (SSSR count). The van der Waals surface area contributed by atoms with Crippen molar-refractivity contribution in [1.82, 2.24) is 0 Å². The van der Waals surface area contributed by atoms with Gasteiger partial charge < -0.3 is 13.9 Å². The van der Waals surface area contributed by atoms with Gasteiger partial charge in [-0.05, 0) is 49.2 Å². The number of furan rings is 1. The Hall–Kier alpha value is -2.23. The van der Waals surface area contributed by atoms with Crippen LogP contribution in [0.25, 0.3) is 0 Å². The average molecular weight is 260 g/mol. The van der Waals surface area contributed by atoms with E-state index < -0.39 is 5.97 Å². The summed E-state index contributed by atoms with van der Waals surface area (Å²) in [4.78, 5) is 11.2. The lowest BCUT2D eigenvalue weighted by Crippen LogP contribution is -1.99. The molecule has 2 aromatic rings. The summed E-state index contributed by atoms with van der Waals surface area (Å²) >= 11 is 0. The van der Waals surface area contributed by atoms with Crippen molar-refractivity contribution >= 4 is 5.97 Å². The van der Waals surface area contributed by atoms with Crippen LogP contribution in [0.2, 0.25) is 0 Å². The van der Waals surface area contributed by atoms with E-state index in [4.69, 9.17) is 9.15 Å². The second-order valence-electron chi connectivity index (χ2n) is 4.37. The fourth-order valence-corrected chi connectivity index (χ4v) is 1.84. The minimum Gasteiger partial charge on any atom is -0.486 e. The summed E-state index contributed by atoms with van der Waals surface area (Å²) in [5.41, 5.74) is 2.29. The minimum atomic E-state index is -0.488. The molecule has 0 bridgehead atoms. The Morgan fingerprint density at radius 3 is 2.47 bits per heavy atom. The molecule has 4 nitrogen and oxygen atoms in total. The predicted molar refractivity (Wildman–Crippen MR) is 70.3 cm³/mol. The molecule has 0 saturated carbocycles. The lowest BCUT2D eigenvalue weighted by Gasteiger charge is -2.06. The zero-order valence-corrected chi connectivity index (χ0v) is 11.2. The summed E-state index contributed by atoms with van der Waals surface area (Å²) in [5, 5.41) is 0. The van der Waals surface area contributed by atoms with Crippen LogP contribution in [-0.4, -0.2) is 13.1 Å². The third kappa shape index (κ3) is 3.37. The fraction of sp³-hybridized carbons (Fsp3) is 0.267. The van der Waals surface area contributed by atoms with E-state index in [0.29, 0.717) is 5.76 Å². The van der Waals surface area contributed by atoms with E-state index in [1.165, 1.54) is 7.11 Å². The van der Waals surface area contributed by atoms with Gasteiger partial charge in [0.25, 0.3) is 0 Å². The molecule has 1 aromatic carbocycles. The summed E-state index contributed by atoms with van der Waals surface area (Å²) in [6.07, 6.45) is 0. The van der Waals surface area contributed by atoms with Crippen LogP contribution in [0.5, 0.6) is 5.75 Å². The second-order valence-corrected chi connectivity index (χ2v) is 4.37. The van der Waals surface area contributed by atoms with Gasteiger partial charge in [0.05, 0.1) is 7.11 Å². The molecular formula is C15H16O4. The molecule has 1 aromatic heterocycles. The molecular weight excluding hydrogens is 244 g/mol. The first-order valence-electron chi connectivity index (χ1n) is 5.96. The van der Waals surface area contributed by atoms with Crippen molar-refractivity contribution in [1.29, 1.82) is 0 Å². The topological polar surface area (TPSA) is 48.7 Å². The number of rotatable bonds is 4. The van der Waals surface area contributed by atoms with Gasteiger partial charge in [-0.1, -0.05) is 6.07 Å². The number of benzene rings is 1. The molecule has 0 radical (unpaired) electrons. The van der Waals surface area contributed by atoms with Crippen LogP contribution in [0.3, 0.4) is 0 Å². The van der Waals surface area contributed by atoms with Crippen molar-refractivity contribution in [3.63, 3.8) is 0 Å². The van der Waals surface area contributed by atoms with Crippen LogP contribution in [0.15, 0.2) is 34.7 Å². The van der Waals surface area contributed by atoms with Crippen molar-refractivity contribution in [2.24, 2.45) is 0 Å². The Labute approximate surface area is 111 Å². The number of aryl methyl sites for hydroxylation is 2. The maximum atomic E-state index is 11.2. The Morgan fingerprint density at radius 1 is 1.16 bits per heavy atom. The first-order chi connectivity index (χ1) is 9.08. The first-order valence-corrected chi connectivity index (χ1v) is 5.96. The molecule has 0 saturated heterocycles. The standard InChI is InChI=1S/C15H16O4/c1-10-6-11(2)8-13(7-10)18-9-12-4-5-14(19-12)15(16)17-3/h4-8H,9H2,1-3H3. The molecule has 0 N–H and O–H groups in total. The van der Waals surface area contributed by atoms with Gasteiger partial charge in [0.15, 0.2) is 0 Å². The zero-order chi connectivity index (χ0) is 13.8. The van der Waals surface area contributed by atoms with Crippen molar-refractivity contribution in [3.8, 4) is 5.75 Å². The zero-order valence-electron chi connectivity index (χ0n) is 11.2. The number of carbonyl (C=O) groups excluding carboxylic acids is 1. The number of methoxy groups -OCH3 is 1. The minimum absolute atomic E-state index is 0.182. The maximum Gasteiger partial charge on any atom is 0.373 e. The summed E-state index contributed by atoms with van der Waals surface area (Å²) in [7, 11) is 1.32. The van der Waals surface area contributed by atoms with Gasteiger partial charge in [0.1, 0.15) is 18.1 Å². The molecule has 4 heteroatoms. The van der Waals surface area contributed by atoms with Crippen LogP contribution < -0.4 is 4.74 Å². The molecule has 19 heavy (non-hydrogen) atoms. The molecule has 100 valence electrons. The van der Waals surface area contributed by atoms with E-state index in [9.17, 15) is 4.79 Å². The third-order valence-electron chi connectivity index (χ3n) is 2.62. The van der Waals surface area contributed by atoms with Crippen molar-refractivity contribution in [2.45, 2.75) is 20.5 Å². The third-order valence-corrected chi connectivity index (χ3v) is 2.62. The highest BCUT2D eigenvalue weighted by Gasteiger charge is 2.11. The van der Waals surface area contributed by atoms with E-state index >= 15 is 0 Å². The number of hydrogen-bond donors (Lipinski definition) is 0. The van der Waals surface area contributed by atoms with E-state index in [0.717, 1.165) is 16.9 Å². The van der Waals surface area contributed by atoms with Crippen LogP contribution in [-0.2, 0) is 11.3 Å². The number of carbonyl (C=O) groups is 1. The molecule has 0 fully saturated rings. The Bertz CT molecular complexity index is 563. The van der Waals surface area contributed by atoms with E-state index in [2.05, 4.69) is 10.8 Å². The van der Waals surface area contributed by atoms with Crippen LogP contribution in [0.1, 0.15) is 27.4 Å². The molecule has 0 amide bonds. The van der Waals surface area contributed by atoms with Crippen LogP contribution >= 0.6 is 0 Å². The maximum absolute atomic E-state index is 11.2. The van der Waals surface area contributed by atoms with Gasteiger partial charge in [-0.25, -0.2) is 4.79 Å². The summed E-state index contributed by atoms with van der Waals surface area (Å²) in [6.45, 7) is 4.31. The van der Waals surface area contributed by atoms with Gasteiger partial charge in [0, 0.05) is 0 Å². The Balaban J connectivity index is 2.02. The molecule has 0 atom stereocenters. The number of ether oxygens (including phenoxy) is 2. The smallest absolute Gasteiger partial charge is 0.373 e. The van der Waals surface area contributed by atoms with E-state index in [1.807, 2.05) is 26.0 Å². The quantitative estimate of drug-likeness (QED) is 0.792. The van der Waals surface area contributed by atoms with Crippen LogP contribution in [0.4, 0.5) is 0 Å². The molecule has 1 heterocycles. The van der Waals surface area contributed by atoms with Gasteiger partial charge in [-0.2, -0.15) is 0 Å². The fourth-order valence-electron chi connectivity index (χ4n) is 1.84. The average Bonchev–Trinajstić information content (AvgIpc) is 2.83. The number of esters is 1. The van der Waals surface area contributed by atoms with E-state index in [-0.39, 0.29) is 12.4 Å².